The van der Waals surface area contributed by atoms with Gasteiger partial charge in [0.1, 0.15) is 6.54 Å². The molecule has 1 aromatic rings. The van der Waals surface area contributed by atoms with E-state index >= 15 is 0 Å². The first-order chi connectivity index (χ1) is 11.3. The van der Waals surface area contributed by atoms with Crippen LogP contribution in [0.15, 0.2) is 24.3 Å². The fraction of sp³-hybridized carbons (Fsp3) is 0.462. The summed E-state index contributed by atoms with van der Waals surface area (Å²) in [6.45, 7) is -3.14. The van der Waals surface area contributed by atoms with Gasteiger partial charge in [-0.2, -0.15) is 17.5 Å². The molecule has 1 rings (SSSR count). The number of nitro benzene ring substituents is 1. The lowest BCUT2D eigenvalue weighted by Gasteiger charge is -2.25. The Morgan fingerprint density at radius 2 is 1.84 bits per heavy atom. The van der Waals surface area contributed by atoms with Crippen molar-refractivity contribution in [3.05, 3.63) is 39.9 Å². The van der Waals surface area contributed by atoms with Gasteiger partial charge in [0.25, 0.3) is 5.69 Å². The lowest BCUT2D eigenvalue weighted by Crippen LogP contribution is -2.44. The van der Waals surface area contributed by atoms with Crippen LogP contribution >= 0.6 is 0 Å². The number of carbonyl (C=O) groups is 1. The Morgan fingerprint density at radius 3 is 2.32 bits per heavy atom. The fourth-order valence-corrected chi connectivity index (χ4v) is 2.23. The van der Waals surface area contributed by atoms with Gasteiger partial charge in [-0.05, 0) is 0 Å². The molecule has 0 saturated heterocycles. The smallest absolute Gasteiger partial charge is 0.328 e. The lowest BCUT2D eigenvalue weighted by atomic mass is 10.1. The fourth-order valence-electron chi connectivity index (χ4n) is 1.88. The number of carbonyl (C=O) groups excluding carboxylic acids is 1. The second-order valence-electron chi connectivity index (χ2n) is 5.27. The molecule has 0 aliphatic heterocycles. The molecule has 0 fully saturated rings. The highest BCUT2D eigenvalue weighted by Crippen LogP contribution is 2.23. The highest BCUT2D eigenvalue weighted by molar-refractivity contribution is 7.88. The maximum atomic E-state index is 12.7. The summed E-state index contributed by atoms with van der Waals surface area (Å²) >= 11 is 0. The van der Waals surface area contributed by atoms with Crippen molar-refractivity contribution in [2.24, 2.45) is 0 Å². The monoisotopic (exact) mass is 383 g/mol. The number of benzene rings is 1. The molecule has 0 unspecified atom stereocenters. The molecule has 8 nitrogen and oxygen atoms in total. The molecule has 0 aromatic heterocycles. The van der Waals surface area contributed by atoms with Gasteiger partial charge in [-0.1, -0.05) is 18.2 Å². The van der Waals surface area contributed by atoms with E-state index < -0.39 is 52.4 Å². The minimum absolute atomic E-state index is 0.0906. The Labute approximate surface area is 142 Å². The van der Waals surface area contributed by atoms with Crippen LogP contribution in [0.1, 0.15) is 5.56 Å². The summed E-state index contributed by atoms with van der Waals surface area (Å²) in [4.78, 5) is 22.6. The van der Waals surface area contributed by atoms with Gasteiger partial charge in [-0.25, -0.2) is 8.42 Å². The third-order valence-corrected chi connectivity index (χ3v) is 4.46. The van der Waals surface area contributed by atoms with Gasteiger partial charge in [0.2, 0.25) is 15.9 Å². The van der Waals surface area contributed by atoms with E-state index in [-0.39, 0.29) is 5.56 Å². The summed E-state index contributed by atoms with van der Waals surface area (Å²) in [6.07, 6.45) is -3.95. The Balaban J connectivity index is 3.10. The van der Waals surface area contributed by atoms with Crippen LogP contribution in [0, 0.1) is 10.1 Å². The molecule has 0 N–H and O–H groups in total. The summed E-state index contributed by atoms with van der Waals surface area (Å²) in [7, 11) is -2.73. The predicted octanol–water partition coefficient (Wildman–Crippen LogP) is 1.38. The number of likely N-dealkylation sites (N-methyl/N-ethyl adjacent to an activating group) is 1. The highest BCUT2D eigenvalue weighted by Gasteiger charge is 2.34. The molecular weight excluding hydrogens is 367 g/mol. The third kappa shape index (κ3) is 6.66. The Kier molecular flexibility index (Phi) is 6.48. The van der Waals surface area contributed by atoms with Crippen molar-refractivity contribution < 1.29 is 31.3 Å². The zero-order chi connectivity index (χ0) is 19.4. The maximum absolute atomic E-state index is 12.7. The number of sulfonamides is 1. The first kappa shape index (κ1) is 20.8. The number of hydrogen-bond donors (Lipinski definition) is 0. The zero-order valence-corrected chi connectivity index (χ0v) is 14.2. The van der Waals surface area contributed by atoms with Crippen molar-refractivity contribution in [2.45, 2.75) is 12.7 Å². The Morgan fingerprint density at radius 1 is 1.28 bits per heavy atom. The molecule has 0 aliphatic rings. The van der Waals surface area contributed by atoms with Gasteiger partial charge in [0.05, 0.1) is 24.3 Å². The lowest BCUT2D eigenvalue weighted by molar-refractivity contribution is -0.385. The van der Waals surface area contributed by atoms with Crippen molar-refractivity contribution >= 4 is 21.6 Å². The summed E-state index contributed by atoms with van der Waals surface area (Å²) in [6, 6.07) is 5.07. The molecule has 0 radical (unpaired) electrons. The Bertz CT molecular complexity index is 752. The summed E-state index contributed by atoms with van der Waals surface area (Å²) in [5.74, 6) is -1.12. The van der Waals surface area contributed by atoms with Crippen LogP contribution in [0.5, 0.6) is 0 Å². The van der Waals surface area contributed by atoms with Gasteiger partial charge in [0.15, 0.2) is 0 Å². The quantitative estimate of drug-likeness (QED) is 0.523. The van der Waals surface area contributed by atoms with Crippen molar-refractivity contribution in [1.29, 1.82) is 0 Å². The van der Waals surface area contributed by atoms with E-state index in [2.05, 4.69) is 0 Å². The van der Waals surface area contributed by atoms with Crippen LogP contribution in [0.3, 0.4) is 0 Å². The average molecular weight is 383 g/mol. The molecule has 140 valence electrons. The summed E-state index contributed by atoms with van der Waals surface area (Å²) < 4.78 is 61.5. The number of alkyl halides is 3. The van der Waals surface area contributed by atoms with Gasteiger partial charge in [-0.15, -0.1) is 0 Å². The van der Waals surface area contributed by atoms with Crippen LogP contribution in [0.4, 0.5) is 18.9 Å². The van der Waals surface area contributed by atoms with Crippen molar-refractivity contribution in [3.8, 4) is 0 Å². The third-order valence-electron chi connectivity index (χ3n) is 3.20. The largest absolute Gasteiger partial charge is 0.406 e. The van der Waals surface area contributed by atoms with Crippen LogP contribution in [0.25, 0.3) is 0 Å². The molecule has 0 atom stereocenters. The van der Waals surface area contributed by atoms with Crippen LogP contribution in [-0.2, 0) is 21.4 Å². The van der Waals surface area contributed by atoms with Crippen molar-refractivity contribution in [1.82, 2.24) is 9.21 Å². The van der Waals surface area contributed by atoms with E-state index in [4.69, 9.17) is 0 Å². The molecular formula is C13H16F3N3O5S. The van der Waals surface area contributed by atoms with Crippen LogP contribution in [-0.4, -0.2) is 61.0 Å². The zero-order valence-electron chi connectivity index (χ0n) is 13.4. The van der Waals surface area contributed by atoms with E-state index in [9.17, 15) is 36.5 Å². The molecule has 0 aliphatic carbocycles. The highest BCUT2D eigenvalue weighted by atomic mass is 32.2. The number of para-hydroxylation sites is 1. The van der Waals surface area contributed by atoms with Gasteiger partial charge in [-0.3, -0.25) is 14.9 Å². The number of halogens is 3. The standard InChI is InChI=1S/C13H16F3N3O5S/c1-17(25(2,23)24)8-12(20)18(9-13(14,15)16)7-10-5-3-4-6-11(10)19(21)22/h3-6H,7-9H2,1-2H3. The van der Waals surface area contributed by atoms with Crippen molar-refractivity contribution in [3.63, 3.8) is 0 Å². The number of rotatable bonds is 7. The van der Waals surface area contributed by atoms with E-state index in [1.54, 1.807) is 0 Å². The van der Waals surface area contributed by atoms with Crippen LogP contribution < -0.4 is 0 Å². The van der Waals surface area contributed by atoms with Gasteiger partial charge < -0.3 is 4.90 Å². The topological polar surface area (TPSA) is 101 Å². The SMILES string of the molecule is CN(CC(=O)N(Cc1ccccc1[N+](=O)[O-])CC(F)(F)F)S(C)(=O)=O. The van der Waals surface area contributed by atoms with Gasteiger partial charge in [0, 0.05) is 18.7 Å². The van der Waals surface area contributed by atoms with Crippen molar-refractivity contribution in [2.75, 3.05) is 26.4 Å². The first-order valence-electron chi connectivity index (χ1n) is 6.79. The summed E-state index contributed by atoms with van der Waals surface area (Å²) in [5.41, 5.74) is -0.522. The van der Waals surface area contributed by atoms with Gasteiger partial charge >= 0.3 is 6.18 Å². The molecule has 0 bridgehead atoms. The van der Waals surface area contributed by atoms with E-state index in [1.165, 1.54) is 18.2 Å². The Hall–Kier alpha value is -2.21. The predicted molar refractivity (Wildman–Crippen MR) is 82.0 cm³/mol. The minimum Gasteiger partial charge on any atom is -0.328 e. The maximum Gasteiger partial charge on any atom is 0.406 e. The van der Waals surface area contributed by atoms with Crippen LogP contribution in [0.2, 0.25) is 0 Å². The molecule has 0 saturated carbocycles. The molecule has 1 aromatic carbocycles. The van der Waals surface area contributed by atoms with E-state index in [0.29, 0.717) is 9.21 Å². The number of amides is 1. The molecule has 25 heavy (non-hydrogen) atoms. The molecule has 0 heterocycles. The number of nitrogens with zero attached hydrogens (tertiary/aromatic N) is 3. The van der Waals surface area contributed by atoms with E-state index in [1.807, 2.05) is 0 Å². The number of nitro groups is 1. The second kappa shape index (κ2) is 7.78. The average Bonchev–Trinajstić information content (AvgIpc) is 2.44. The minimum atomic E-state index is -4.75. The first-order valence-corrected chi connectivity index (χ1v) is 8.64. The molecule has 1 amide bonds. The molecule has 12 heteroatoms. The summed E-state index contributed by atoms with van der Waals surface area (Å²) in [5, 5.41) is 11.0. The normalized spacial score (nSPS) is 12.2. The second-order valence-corrected chi connectivity index (χ2v) is 7.36. The van der Waals surface area contributed by atoms with E-state index in [0.717, 1.165) is 19.4 Å². The molecule has 0 spiro atoms. The number of hydrogen-bond acceptors (Lipinski definition) is 5.